The molecular formula is C11H20N2O3. The maximum absolute atomic E-state index is 5.50. The Kier molecular flexibility index (Phi) is 6.60. The summed E-state index contributed by atoms with van der Waals surface area (Å²) in [6, 6.07) is 0. The molecule has 0 aliphatic rings. The Balaban J connectivity index is 1.98. The number of hydrogen-bond acceptors (Lipinski definition) is 4. The number of ether oxygens (including phenoxy) is 3. The predicted octanol–water partition coefficient (Wildman–Crippen LogP) is 1.33. The lowest BCUT2D eigenvalue weighted by Gasteiger charge is -2.04. The molecule has 0 unspecified atom stereocenters. The van der Waals surface area contributed by atoms with Crippen molar-refractivity contribution in [3.63, 3.8) is 0 Å². The van der Waals surface area contributed by atoms with Crippen LogP contribution in [0.3, 0.4) is 0 Å². The number of methoxy groups -OCH3 is 1. The molecule has 1 heterocycles. The first-order valence-corrected chi connectivity index (χ1v) is 5.58. The lowest BCUT2D eigenvalue weighted by atomic mass is 10.5. The van der Waals surface area contributed by atoms with Crippen LogP contribution >= 0.6 is 0 Å². The van der Waals surface area contributed by atoms with Crippen LogP contribution in [0.4, 0.5) is 0 Å². The Morgan fingerprint density at radius 2 is 2.12 bits per heavy atom. The second kappa shape index (κ2) is 8.13. The zero-order valence-electron chi connectivity index (χ0n) is 10.0. The van der Waals surface area contributed by atoms with Crippen LogP contribution in [0.5, 0.6) is 5.75 Å². The minimum atomic E-state index is 0.643. The van der Waals surface area contributed by atoms with Gasteiger partial charge in [0.15, 0.2) is 5.75 Å². The van der Waals surface area contributed by atoms with Gasteiger partial charge in [0.25, 0.3) is 0 Å². The summed E-state index contributed by atoms with van der Waals surface area (Å²) in [5, 5.41) is 4.12. The highest BCUT2D eigenvalue weighted by Gasteiger charge is 1.97. The third-order valence-corrected chi connectivity index (χ3v) is 2.07. The highest BCUT2D eigenvalue weighted by molar-refractivity contribution is 5.11. The molecule has 92 valence electrons. The van der Waals surface area contributed by atoms with E-state index in [1.54, 1.807) is 13.3 Å². The molecule has 0 spiro atoms. The number of nitrogens with zero attached hydrogens (tertiary/aromatic N) is 2. The Bertz CT molecular complexity index is 276. The minimum Gasteiger partial charge on any atom is -0.490 e. The van der Waals surface area contributed by atoms with E-state index in [1.165, 1.54) is 0 Å². The van der Waals surface area contributed by atoms with Crippen LogP contribution < -0.4 is 4.74 Å². The lowest BCUT2D eigenvalue weighted by Crippen LogP contribution is -2.06. The summed E-state index contributed by atoms with van der Waals surface area (Å²) in [4.78, 5) is 0. The number of aromatic nitrogens is 2. The van der Waals surface area contributed by atoms with E-state index in [0.717, 1.165) is 18.7 Å². The van der Waals surface area contributed by atoms with Gasteiger partial charge in [-0.3, -0.25) is 4.68 Å². The van der Waals surface area contributed by atoms with Crippen molar-refractivity contribution in [3.05, 3.63) is 12.4 Å². The third-order valence-electron chi connectivity index (χ3n) is 2.07. The quantitative estimate of drug-likeness (QED) is 0.598. The topological polar surface area (TPSA) is 45.5 Å². The molecule has 0 fully saturated rings. The van der Waals surface area contributed by atoms with Crippen molar-refractivity contribution >= 4 is 0 Å². The average Bonchev–Trinajstić information content (AvgIpc) is 2.76. The Labute approximate surface area is 96.3 Å². The zero-order chi connectivity index (χ0) is 11.6. The molecule has 0 bridgehead atoms. The molecule has 0 N–H and O–H groups in total. The van der Waals surface area contributed by atoms with Gasteiger partial charge in [0, 0.05) is 26.7 Å². The van der Waals surface area contributed by atoms with E-state index in [9.17, 15) is 0 Å². The molecule has 0 aliphatic heterocycles. The molecule has 1 rings (SSSR count). The van der Waals surface area contributed by atoms with Crippen LogP contribution in [0, 0.1) is 0 Å². The van der Waals surface area contributed by atoms with Crippen LogP contribution in [0.2, 0.25) is 0 Å². The third kappa shape index (κ3) is 5.14. The molecule has 0 radical (unpaired) electrons. The van der Waals surface area contributed by atoms with Gasteiger partial charge < -0.3 is 14.2 Å². The lowest BCUT2D eigenvalue weighted by molar-refractivity contribution is 0.0644. The van der Waals surface area contributed by atoms with Gasteiger partial charge in [0.2, 0.25) is 0 Å². The van der Waals surface area contributed by atoms with E-state index in [-0.39, 0.29) is 0 Å². The summed E-state index contributed by atoms with van der Waals surface area (Å²) in [5.41, 5.74) is 0. The van der Waals surface area contributed by atoms with Gasteiger partial charge in [-0.15, -0.1) is 0 Å². The summed E-state index contributed by atoms with van der Waals surface area (Å²) in [6.07, 6.45) is 4.50. The van der Waals surface area contributed by atoms with Crippen LogP contribution in [-0.4, -0.2) is 43.3 Å². The van der Waals surface area contributed by atoms with Gasteiger partial charge >= 0.3 is 0 Å². The SMILES string of the molecule is CCn1cc(OCCCOCCOC)cn1. The van der Waals surface area contributed by atoms with Gasteiger partial charge in [-0.2, -0.15) is 5.10 Å². The standard InChI is InChI=1S/C11H20N2O3/c1-3-13-10-11(9-12-13)16-6-4-5-15-8-7-14-2/h9-10H,3-8H2,1-2H3. The molecule has 5 nitrogen and oxygen atoms in total. The highest BCUT2D eigenvalue weighted by atomic mass is 16.5. The van der Waals surface area contributed by atoms with Gasteiger partial charge in [-0.05, 0) is 6.92 Å². The Morgan fingerprint density at radius 3 is 2.81 bits per heavy atom. The normalized spacial score (nSPS) is 10.6. The maximum atomic E-state index is 5.50. The first kappa shape index (κ1) is 13.0. The highest BCUT2D eigenvalue weighted by Crippen LogP contribution is 2.07. The first-order chi connectivity index (χ1) is 7.86. The van der Waals surface area contributed by atoms with Crippen LogP contribution in [0.1, 0.15) is 13.3 Å². The fraction of sp³-hybridized carbons (Fsp3) is 0.727. The smallest absolute Gasteiger partial charge is 0.157 e. The minimum absolute atomic E-state index is 0.643. The fourth-order valence-corrected chi connectivity index (χ4v) is 1.19. The van der Waals surface area contributed by atoms with Gasteiger partial charge in [0.1, 0.15) is 0 Å². The fourth-order valence-electron chi connectivity index (χ4n) is 1.19. The summed E-state index contributed by atoms with van der Waals surface area (Å²) >= 11 is 0. The molecule has 0 aliphatic carbocycles. The van der Waals surface area contributed by atoms with E-state index in [2.05, 4.69) is 5.10 Å². The zero-order valence-corrected chi connectivity index (χ0v) is 10.0. The van der Waals surface area contributed by atoms with Crippen molar-refractivity contribution in [1.82, 2.24) is 9.78 Å². The monoisotopic (exact) mass is 228 g/mol. The van der Waals surface area contributed by atoms with E-state index >= 15 is 0 Å². The average molecular weight is 228 g/mol. The molecule has 0 atom stereocenters. The largest absolute Gasteiger partial charge is 0.490 e. The molecule has 16 heavy (non-hydrogen) atoms. The van der Waals surface area contributed by atoms with Crippen molar-refractivity contribution in [2.45, 2.75) is 19.9 Å². The molecule has 0 aromatic carbocycles. The Hall–Kier alpha value is -1.07. The Morgan fingerprint density at radius 1 is 1.25 bits per heavy atom. The first-order valence-electron chi connectivity index (χ1n) is 5.58. The molecule has 0 saturated heterocycles. The van der Waals surface area contributed by atoms with Crippen molar-refractivity contribution < 1.29 is 14.2 Å². The molecule has 5 heteroatoms. The van der Waals surface area contributed by atoms with Gasteiger partial charge in [-0.25, -0.2) is 0 Å². The number of hydrogen-bond donors (Lipinski definition) is 0. The van der Waals surface area contributed by atoms with E-state index < -0.39 is 0 Å². The van der Waals surface area contributed by atoms with E-state index in [0.29, 0.717) is 26.4 Å². The summed E-state index contributed by atoms with van der Waals surface area (Å²) in [5.74, 6) is 0.818. The van der Waals surface area contributed by atoms with E-state index in [1.807, 2.05) is 17.8 Å². The van der Waals surface area contributed by atoms with Crippen molar-refractivity contribution in [3.8, 4) is 5.75 Å². The second-order valence-corrected chi connectivity index (χ2v) is 3.34. The van der Waals surface area contributed by atoms with Crippen LogP contribution in [0.25, 0.3) is 0 Å². The van der Waals surface area contributed by atoms with Crippen molar-refractivity contribution in [1.29, 1.82) is 0 Å². The van der Waals surface area contributed by atoms with Crippen molar-refractivity contribution in [2.75, 3.05) is 33.5 Å². The van der Waals surface area contributed by atoms with Crippen LogP contribution in [0.15, 0.2) is 12.4 Å². The van der Waals surface area contributed by atoms with E-state index in [4.69, 9.17) is 14.2 Å². The maximum Gasteiger partial charge on any atom is 0.157 e. The molecule has 1 aromatic rings. The molecule has 0 amide bonds. The number of aryl methyl sites for hydroxylation is 1. The van der Waals surface area contributed by atoms with Crippen molar-refractivity contribution in [2.24, 2.45) is 0 Å². The second-order valence-electron chi connectivity index (χ2n) is 3.34. The molecule has 0 saturated carbocycles. The van der Waals surface area contributed by atoms with Gasteiger partial charge in [0.05, 0.1) is 32.2 Å². The predicted molar refractivity (Wildman–Crippen MR) is 60.7 cm³/mol. The summed E-state index contributed by atoms with van der Waals surface area (Å²) in [7, 11) is 1.66. The summed E-state index contributed by atoms with van der Waals surface area (Å²) in [6.45, 7) is 5.55. The van der Waals surface area contributed by atoms with Crippen LogP contribution in [-0.2, 0) is 16.0 Å². The molecule has 1 aromatic heterocycles. The summed E-state index contributed by atoms with van der Waals surface area (Å²) < 4.78 is 17.5. The number of rotatable bonds is 9. The van der Waals surface area contributed by atoms with Gasteiger partial charge in [-0.1, -0.05) is 0 Å². The molecular weight excluding hydrogens is 208 g/mol.